The second-order valence-corrected chi connectivity index (χ2v) is 5.49. The number of aromatic nitrogens is 1. The normalized spacial score (nSPS) is 19.2. The molecule has 5 heteroatoms. The number of hydrogen-bond acceptors (Lipinski definition) is 4. The summed E-state index contributed by atoms with van der Waals surface area (Å²) < 4.78 is 0. The number of carbonyl (C=O) groups excluding carboxylic acids is 1. The Labute approximate surface area is 105 Å². The Morgan fingerprint density at radius 3 is 3.24 bits per heavy atom. The van der Waals surface area contributed by atoms with Gasteiger partial charge in [0.1, 0.15) is 0 Å². The Morgan fingerprint density at radius 1 is 1.65 bits per heavy atom. The second-order valence-electron chi connectivity index (χ2n) is 4.09. The molecule has 0 radical (unpaired) electrons. The summed E-state index contributed by atoms with van der Waals surface area (Å²) in [4.78, 5) is 15.9. The Bertz CT molecular complexity index is 391. The number of nitrogens with two attached hydrogens (primary N) is 1. The molecule has 1 saturated heterocycles. The molecule has 1 amide bonds. The molecule has 92 valence electrons. The fourth-order valence-electron chi connectivity index (χ4n) is 1.84. The van der Waals surface area contributed by atoms with Crippen molar-refractivity contribution in [3.8, 4) is 0 Å². The molecule has 1 aromatic heterocycles. The van der Waals surface area contributed by atoms with Crippen molar-refractivity contribution in [2.24, 2.45) is 5.73 Å². The van der Waals surface area contributed by atoms with E-state index in [0.717, 1.165) is 12.2 Å². The molecule has 0 bridgehead atoms. The Balaban J connectivity index is 1.89. The lowest BCUT2D eigenvalue weighted by molar-refractivity contribution is 0.0953. The van der Waals surface area contributed by atoms with Crippen LogP contribution >= 0.6 is 11.8 Å². The van der Waals surface area contributed by atoms with Crippen LogP contribution in [0.2, 0.25) is 0 Å². The topological polar surface area (TPSA) is 68.0 Å². The summed E-state index contributed by atoms with van der Waals surface area (Å²) in [6, 6.07) is 3.47. The van der Waals surface area contributed by atoms with Crippen molar-refractivity contribution < 1.29 is 4.79 Å². The molecule has 1 aliphatic rings. The maximum absolute atomic E-state index is 11.9. The van der Waals surface area contributed by atoms with E-state index in [4.69, 9.17) is 5.73 Å². The van der Waals surface area contributed by atoms with Gasteiger partial charge in [-0.2, -0.15) is 11.8 Å². The number of hydrogen-bond donors (Lipinski definition) is 2. The van der Waals surface area contributed by atoms with Crippen LogP contribution in [0.15, 0.2) is 18.3 Å². The number of nitrogens with one attached hydrogen (secondary N) is 1. The minimum atomic E-state index is -0.0328. The zero-order valence-corrected chi connectivity index (χ0v) is 10.5. The average molecular weight is 251 g/mol. The lowest BCUT2D eigenvalue weighted by Gasteiger charge is -2.10. The molecule has 4 nitrogen and oxygen atoms in total. The summed E-state index contributed by atoms with van der Waals surface area (Å²) in [6.07, 6.45) is 4.09. The molecular formula is C12H17N3OS. The predicted octanol–water partition coefficient (Wildman–Crippen LogP) is 1.17. The summed E-state index contributed by atoms with van der Waals surface area (Å²) >= 11 is 1.94. The molecule has 2 heterocycles. The molecule has 2 rings (SSSR count). The molecule has 1 aromatic rings. The summed E-state index contributed by atoms with van der Waals surface area (Å²) in [5.74, 6) is 1.18. The third-order valence-corrected chi connectivity index (χ3v) is 4.20. The summed E-state index contributed by atoms with van der Waals surface area (Å²) in [6.45, 7) is 1.11. The van der Waals surface area contributed by atoms with E-state index in [9.17, 15) is 4.79 Å². The molecule has 0 saturated carbocycles. The standard InChI is InChI=1S/C12H17N3OS/c13-7-10-6-9(3-4-14-10)12(16)15-8-11-2-1-5-17-11/h3-4,6,11H,1-2,5,7-8,13H2,(H,15,16). The van der Waals surface area contributed by atoms with E-state index in [-0.39, 0.29) is 5.91 Å². The Hall–Kier alpha value is -1.07. The Morgan fingerprint density at radius 2 is 2.53 bits per heavy atom. The summed E-state index contributed by atoms with van der Waals surface area (Å²) in [5, 5.41) is 3.54. The number of pyridine rings is 1. The highest BCUT2D eigenvalue weighted by Crippen LogP contribution is 2.25. The van der Waals surface area contributed by atoms with E-state index in [1.54, 1.807) is 18.3 Å². The zero-order valence-electron chi connectivity index (χ0n) is 9.69. The SMILES string of the molecule is NCc1cc(C(=O)NCC2CCCS2)ccn1. The molecule has 17 heavy (non-hydrogen) atoms. The second kappa shape index (κ2) is 6.02. The first kappa shape index (κ1) is 12.4. The van der Waals surface area contributed by atoms with Crippen LogP contribution in [0.1, 0.15) is 28.9 Å². The van der Waals surface area contributed by atoms with Crippen molar-refractivity contribution in [1.29, 1.82) is 0 Å². The molecule has 1 fully saturated rings. The van der Waals surface area contributed by atoms with E-state index in [1.807, 2.05) is 11.8 Å². The van der Waals surface area contributed by atoms with Gasteiger partial charge in [0.2, 0.25) is 0 Å². The van der Waals surface area contributed by atoms with Crippen molar-refractivity contribution in [3.05, 3.63) is 29.6 Å². The van der Waals surface area contributed by atoms with Gasteiger partial charge in [-0.05, 0) is 30.7 Å². The molecule has 1 aliphatic heterocycles. The molecule has 0 spiro atoms. The first-order valence-electron chi connectivity index (χ1n) is 5.84. The van der Waals surface area contributed by atoms with Crippen molar-refractivity contribution in [2.45, 2.75) is 24.6 Å². The highest BCUT2D eigenvalue weighted by atomic mass is 32.2. The Kier molecular flexibility index (Phi) is 4.39. The van der Waals surface area contributed by atoms with Gasteiger partial charge in [-0.25, -0.2) is 0 Å². The number of rotatable bonds is 4. The van der Waals surface area contributed by atoms with Crippen LogP contribution in [-0.2, 0) is 6.54 Å². The molecule has 0 aromatic carbocycles. The predicted molar refractivity (Wildman–Crippen MR) is 69.9 cm³/mol. The molecule has 3 N–H and O–H groups in total. The van der Waals surface area contributed by atoms with Gasteiger partial charge in [0.25, 0.3) is 5.91 Å². The van der Waals surface area contributed by atoms with Gasteiger partial charge in [-0.1, -0.05) is 0 Å². The molecule has 0 aliphatic carbocycles. The van der Waals surface area contributed by atoms with Gasteiger partial charge in [-0.15, -0.1) is 0 Å². The number of carbonyl (C=O) groups is 1. The maximum atomic E-state index is 11.9. The first-order valence-corrected chi connectivity index (χ1v) is 6.89. The van der Waals surface area contributed by atoms with Gasteiger partial charge in [-0.3, -0.25) is 9.78 Å². The number of amides is 1. The monoisotopic (exact) mass is 251 g/mol. The van der Waals surface area contributed by atoms with Crippen LogP contribution < -0.4 is 11.1 Å². The zero-order chi connectivity index (χ0) is 12.1. The minimum absolute atomic E-state index is 0.0328. The van der Waals surface area contributed by atoms with Crippen molar-refractivity contribution in [2.75, 3.05) is 12.3 Å². The molecular weight excluding hydrogens is 234 g/mol. The third kappa shape index (κ3) is 3.44. The minimum Gasteiger partial charge on any atom is -0.351 e. The fourth-order valence-corrected chi connectivity index (χ4v) is 3.05. The lowest BCUT2D eigenvalue weighted by Crippen LogP contribution is -2.29. The van der Waals surface area contributed by atoms with E-state index in [0.29, 0.717) is 17.4 Å². The van der Waals surface area contributed by atoms with Gasteiger partial charge >= 0.3 is 0 Å². The summed E-state index contributed by atoms with van der Waals surface area (Å²) in [7, 11) is 0. The van der Waals surface area contributed by atoms with Crippen molar-refractivity contribution >= 4 is 17.7 Å². The average Bonchev–Trinajstić information content (AvgIpc) is 2.89. The van der Waals surface area contributed by atoms with Crippen molar-refractivity contribution in [3.63, 3.8) is 0 Å². The largest absolute Gasteiger partial charge is 0.351 e. The van der Waals surface area contributed by atoms with Crippen LogP contribution in [0.5, 0.6) is 0 Å². The van der Waals surface area contributed by atoms with Gasteiger partial charge < -0.3 is 11.1 Å². The van der Waals surface area contributed by atoms with E-state index < -0.39 is 0 Å². The highest BCUT2D eigenvalue weighted by Gasteiger charge is 2.16. The van der Waals surface area contributed by atoms with Gasteiger partial charge in [0, 0.05) is 30.1 Å². The molecule has 1 unspecified atom stereocenters. The quantitative estimate of drug-likeness (QED) is 0.843. The maximum Gasteiger partial charge on any atom is 0.251 e. The van der Waals surface area contributed by atoms with E-state index in [2.05, 4.69) is 10.3 Å². The summed E-state index contributed by atoms with van der Waals surface area (Å²) in [5.41, 5.74) is 6.88. The smallest absolute Gasteiger partial charge is 0.251 e. The number of thioether (sulfide) groups is 1. The van der Waals surface area contributed by atoms with Crippen LogP contribution in [-0.4, -0.2) is 28.4 Å². The fraction of sp³-hybridized carbons (Fsp3) is 0.500. The number of nitrogens with zero attached hydrogens (tertiary/aromatic N) is 1. The van der Waals surface area contributed by atoms with Crippen LogP contribution in [0.3, 0.4) is 0 Å². The van der Waals surface area contributed by atoms with Crippen LogP contribution in [0, 0.1) is 0 Å². The first-order chi connectivity index (χ1) is 8.29. The highest BCUT2D eigenvalue weighted by molar-refractivity contribution is 8.00. The van der Waals surface area contributed by atoms with Gasteiger partial charge in [0.05, 0.1) is 5.69 Å². The van der Waals surface area contributed by atoms with Crippen LogP contribution in [0.25, 0.3) is 0 Å². The lowest BCUT2D eigenvalue weighted by atomic mass is 10.2. The van der Waals surface area contributed by atoms with E-state index in [1.165, 1.54) is 18.6 Å². The third-order valence-electron chi connectivity index (χ3n) is 2.80. The van der Waals surface area contributed by atoms with E-state index >= 15 is 0 Å². The van der Waals surface area contributed by atoms with Gasteiger partial charge in [0.15, 0.2) is 0 Å². The molecule has 1 atom stereocenters. The van der Waals surface area contributed by atoms with Crippen molar-refractivity contribution in [1.82, 2.24) is 10.3 Å². The van der Waals surface area contributed by atoms with Crippen LogP contribution in [0.4, 0.5) is 0 Å².